The molecule has 0 amide bonds. The Hall–Kier alpha value is -2.19. The van der Waals surface area contributed by atoms with E-state index in [2.05, 4.69) is 27.0 Å². The highest BCUT2D eigenvalue weighted by atomic mass is 79.9. The topological polar surface area (TPSA) is 36.7 Å². The van der Waals surface area contributed by atoms with E-state index in [1.165, 1.54) is 11.3 Å². The lowest BCUT2D eigenvalue weighted by atomic mass is 10.2. The molecule has 0 aliphatic carbocycles. The van der Waals surface area contributed by atoms with Gasteiger partial charge in [0.15, 0.2) is 0 Å². The Morgan fingerprint density at radius 2 is 1.84 bits per heavy atom. The van der Waals surface area contributed by atoms with Gasteiger partial charge in [-0.1, -0.05) is 70.0 Å². The monoisotopic (exact) mass is 426 g/mol. The molecule has 25 heavy (non-hydrogen) atoms. The zero-order valence-electron chi connectivity index (χ0n) is 13.0. The minimum atomic E-state index is 0.518. The summed E-state index contributed by atoms with van der Waals surface area (Å²) < 4.78 is 0.818. The van der Waals surface area contributed by atoms with Crippen molar-refractivity contribution in [3.05, 3.63) is 86.1 Å². The molecule has 122 valence electrons. The smallest absolute Gasteiger partial charge is 0.134 e. The molecule has 0 saturated carbocycles. The summed E-state index contributed by atoms with van der Waals surface area (Å²) in [5, 5.41) is 12.8. The van der Waals surface area contributed by atoms with Gasteiger partial charge in [0.05, 0.1) is 11.3 Å². The van der Waals surface area contributed by atoms with Gasteiger partial charge in [-0.2, -0.15) is 5.26 Å². The first kappa shape index (κ1) is 17.6. The van der Waals surface area contributed by atoms with Crippen LogP contribution < -0.4 is 0 Å². The van der Waals surface area contributed by atoms with Gasteiger partial charge in [0, 0.05) is 20.4 Å². The van der Waals surface area contributed by atoms with E-state index in [0.29, 0.717) is 15.6 Å². The molecule has 0 bridgehead atoms. The van der Waals surface area contributed by atoms with Gasteiger partial charge in [0.1, 0.15) is 11.1 Å². The lowest BCUT2D eigenvalue weighted by molar-refractivity contribution is 1.37. The standard InChI is InChI=1S/C20H12BrClN2S/c21-17(10-14-4-2-1-3-5-14)11-16(12-23)20-24-19(13-25-20)15-6-8-18(22)9-7-15/h1-11,13H/b16-11+,17-10+. The van der Waals surface area contributed by atoms with Crippen LogP contribution in [-0.2, 0) is 0 Å². The maximum Gasteiger partial charge on any atom is 0.134 e. The van der Waals surface area contributed by atoms with Crippen molar-refractivity contribution in [3.8, 4) is 17.3 Å². The van der Waals surface area contributed by atoms with E-state index < -0.39 is 0 Å². The van der Waals surface area contributed by atoms with E-state index in [1.54, 1.807) is 6.08 Å². The zero-order valence-corrected chi connectivity index (χ0v) is 16.1. The van der Waals surface area contributed by atoms with Gasteiger partial charge in [0.25, 0.3) is 0 Å². The van der Waals surface area contributed by atoms with Crippen LogP contribution >= 0.6 is 38.9 Å². The normalized spacial score (nSPS) is 12.0. The van der Waals surface area contributed by atoms with Gasteiger partial charge in [-0.25, -0.2) is 4.98 Å². The number of aromatic nitrogens is 1. The Bertz CT molecular complexity index is 967. The highest BCUT2D eigenvalue weighted by Crippen LogP contribution is 2.28. The minimum Gasteiger partial charge on any atom is -0.235 e. The maximum atomic E-state index is 9.49. The van der Waals surface area contributed by atoms with Gasteiger partial charge in [-0.15, -0.1) is 11.3 Å². The largest absolute Gasteiger partial charge is 0.235 e. The summed E-state index contributed by atoms with van der Waals surface area (Å²) in [6, 6.07) is 19.6. The summed E-state index contributed by atoms with van der Waals surface area (Å²) in [5.74, 6) is 0. The first-order valence-corrected chi connectivity index (χ1v) is 9.46. The van der Waals surface area contributed by atoms with Gasteiger partial charge in [-0.05, 0) is 29.8 Å². The molecule has 0 spiro atoms. The SMILES string of the molecule is N#C/C(=C\C(Br)=C/c1ccccc1)c1nc(-c2ccc(Cl)cc2)cs1. The molecule has 0 aliphatic heterocycles. The molecule has 0 unspecified atom stereocenters. The quantitative estimate of drug-likeness (QED) is 0.339. The Morgan fingerprint density at radius 1 is 1.12 bits per heavy atom. The van der Waals surface area contributed by atoms with Gasteiger partial charge < -0.3 is 0 Å². The molecular formula is C20H12BrClN2S. The van der Waals surface area contributed by atoms with Crippen molar-refractivity contribution in [1.29, 1.82) is 5.26 Å². The van der Waals surface area contributed by atoms with Crippen molar-refractivity contribution >= 4 is 50.5 Å². The number of nitriles is 1. The molecule has 0 aliphatic rings. The molecule has 1 aromatic heterocycles. The predicted octanol–water partition coefficient (Wildman–Crippen LogP) is 6.81. The van der Waals surface area contributed by atoms with Crippen LogP contribution in [0.3, 0.4) is 0 Å². The third-order valence-electron chi connectivity index (χ3n) is 3.38. The number of nitrogens with zero attached hydrogens (tertiary/aromatic N) is 2. The van der Waals surface area contributed by atoms with Crippen LogP contribution in [0, 0.1) is 11.3 Å². The number of halogens is 2. The molecule has 2 aromatic carbocycles. The Balaban J connectivity index is 1.88. The highest BCUT2D eigenvalue weighted by molar-refractivity contribution is 9.12. The number of thiazole rings is 1. The van der Waals surface area contributed by atoms with Crippen molar-refractivity contribution in [3.63, 3.8) is 0 Å². The van der Waals surface area contributed by atoms with Gasteiger partial charge in [0.2, 0.25) is 0 Å². The Labute approximate surface area is 163 Å². The minimum absolute atomic E-state index is 0.518. The summed E-state index contributed by atoms with van der Waals surface area (Å²) in [7, 11) is 0. The van der Waals surface area contributed by atoms with Crippen molar-refractivity contribution < 1.29 is 0 Å². The summed E-state index contributed by atoms with van der Waals surface area (Å²) in [6.07, 6.45) is 3.75. The molecular weight excluding hydrogens is 416 g/mol. The van der Waals surface area contributed by atoms with Gasteiger partial charge in [-0.3, -0.25) is 0 Å². The van der Waals surface area contributed by atoms with Crippen LogP contribution in [0.2, 0.25) is 5.02 Å². The van der Waals surface area contributed by atoms with Crippen LogP contribution in [0.5, 0.6) is 0 Å². The highest BCUT2D eigenvalue weighted by Gasteiger charge is 2.09. The molecule has 0 saturated heterocycles. The van der Waals surface area contributed by atoms with Crippen LogP contribution in [-0.4, -0.2) is 4.98 Å². The van der Waals surface area contributed by atoms with Crippen molar-refractivity contribution in [2.45, 2.75) is 0 Å². The molecule has 3 aromatic rings. The van der Waals surface area contributed by atoms with E-state index in [4.69, 9.17) is 11.6 Å². The third kappa shape index (κ3) is 4.67. The second-order valence-corrected chi connectivity index (χ2v) is 7.36. The molecule has 1 heterocycles. The fourth-order valence-corrected chi connectivity index (χ4v) is 3.59. The van der Waals surface area contributed by atoms with Crippen molar-refractivity contribution in [2.24, 2.45) is 0 Å². The molecule has 0 radical (unpaired) electrons. The number of rotatable bonds is 4. The van der Waals surface area contributed by atoms with E-state index >= 15 is 0 Å². The molecule has 5 heteroatoms. The fourth-order valence-electron chi connectivity index (χ4n) is 2.18. The average molecular weight is 428 g/mol. The van der Waals surface area contributed by atoms with Crippen LogP contribution in [0.1, 0.15) is 10.6 Å². The van der Waals surface area contributed by atoms with Crippen molar-refractivity contribution in [2.75, 3.05) is 0 Å². The zero-order chi connectivity index (χ0) is 17.6. The Morgan fingerprint density at radius 3 is 2.52 bits per heavy atom. The van der Waals surface area contributed by atoms with E-state index in [9.17, 15) is 5.26 Å². The Kier molecular flexibility index (Phi) is 5.83. The third-order valence-corrected chi connectivity index (χ3v) is 4.97. The second-order valence-electron chi connectivity index (χ2n) is 5.15. The first-order valence-electron chi connectivity index (χ1n) is 7.41. The summed E-state index contributed by atoms with van der Waals surface area (Å²) in [5.41, 5.74) is 3.39. The lowest BCUT2D eigenvalue weighted by Crippen LogP contribution is -1.83. The predicted molar refractivity (Wildman–Crippen MR) is 109 cm³/mol. The maximum absolute atomic E-state index is 9.49. The number of benzene rings is 2. The van der Waals surface area contributed by atoms with Crippen LogP contribution in [0.25, 0.3) is 22.9 Å². The molecule has 3 rings (SSSR count). The molecule has 0 atom stereocenters. The summed E-state index contributed by atoms with van der Waals surface area (Å²) in [6.45, 7) is 0. The van der Waals surface area contributed by atoms with Crippen LogP contribution in [0.4, 0.5) is 0 Å². The summed E-state index contributed by atoms with van der Waals surface area (Å²) in [4.78, 5) is 4.58. The molecule has 0 N–H and O–H groups in total. The van der Waals surface area contributed by atoms with E-state index in [1.807, 2.05) is 66.1 Å². The van der Waals surface area contributed by atoms with E-state index in [-0.39, 0.29) is 0 Å². The lowest BCUT2D eigenvalue weighted by Gasteiger charge is -1.97. The van der Waals surface area contributed by atoms with Gasteiger partial charge >= 0.3 is 0 Å². The fraction of sp³-hybridized carbons (Fsp3) is 0. The van der Waals surface area contributed by atoms with Crippen LogP contribution in [0.15, 0.2) is 70.5 Å². The molecule has 0 fully saturated rings. The first-order chi connectivity index (χ1) is 12.2. The summed E-state index contributed by atoms with van der Waals surface area (Å²) >= 11 is 10.9. The number of allylic oxidation sites excluding steroid dienone is 3. The average Bonchev–Trinajstić information content (AvgIpc) is 3.11. The number of hydrogen-bond donors (Lipinski definition) is 0. The molecule has 2 nitrogen and oxygen atoms in total. The number of hydrogen-bond acceptors (Lipinski definition) is 3. The second kappa shape index (κ2) is 8.26. The van der Waals surface area contributed by atoms with E-state index in [0.717, 1.165) is 21.3 Å². The van der Waals surface area contributed by atoms with Crippen molar-refractivity contribution in [1.82, 2.24) is 4.98 Å².